The molecule has 1 saturated carbocycles. The van der Waals surface area contributed by atoms with Crippen molar-refractivity contribution in [3.05, 3.63) is 29.3 Å². The van der Waals surface area contributed by atoms with Gasteiger partial charge in [0.25, 0.3) is 0 Å². The summed E-state index contributed by atoms with van der Waals surface area (Å²) in [6.07, 6.45) is 2.65. The van der Waals surface area contributed by atoms with Crippen LogP contribution in [0.4, 0.5) is 5.69 Å². The van der Waals surface area contributed by atoms with Crippen LogP contribution in [0.1, 0.15) is 30.4 Å². The quantitative estimate of drug-likeness (QED) is 0.863. The lowest BCUT2D eigenvalue weighted by Gasteiger charge is -2.26. The third-order valence-electron chi connectivity index (χ3n) is 4.14. The highest BCUT2D eigenvalue weighted by atomic mass is 16.4. The van der Waals surface area contributed by atoms with Crippen molar-refractivity contribution in [2.75, 3.05) is 11.9 Å². The molecule has 0 spiro atoms. The molecule has 1 aliphatic carbocycles. The Morgan fingerprint density at radius 1 is 1.33 bits per heavy atom. The van der Waals surface area contributed by atoms with Gasteiger partial charge in [0.15, 0.2) is 0 Å². The zero-order chi connectivity index (χ0) is 12.9. The number of anilines is 1. The van der Waals surface area contributed by atoms with Crippen LogP contribution in [0.15, 0.2) is 18.2 Å². The van der Waals surface area contributed by atoms with Crippen molar-refractivity contribution >= 4 is 17.6 Å². The second-order valence-electron chi connectivity index (χ2n) is 5.18. The summed E-state index contributed by atoms with van der Waals surface area (Å²) in [4.78, 5) is 24.6. The van der Waals surface area contributed by atoms with Gasteiger partial charge >= 0.3 is 5.97 Å². The number of nitrogens with zero attached hydrogens (tertiary/aromatic N) is 1. The second-order valence-corrected chi connectivity index (χ2v) is 5.18. The number of fused-ring (bicyclic) bond motifs is 1. The van der Waals surface area contributed by atoms with Gasteiger partial charge in [-0.25, -0.2) is 0 Å². The number of aliphatic carboxylic acids is 1. The summed E-state index contributed by atoms with van der Waals surface area (Å²) in [5.74, 6) is -0.614. The van der Waals surface area contributed by atoms with E-state index in [0.29, 0.717) is 12.8 Å². The summed E-state index contributed by atoms with van der Waals surface area (Å²) in [6, 6.07) is 5.71. The molecule has 1 aliphatic heterocycles. The van der Waals surface area contributed by atoms with E-state index in [0.717, 1.165) is 29.7 Å². The number of hydrogen-bond acceptors (Lipinski definition) is 2. The molecule has 1 heterocycles. The van der Waals surface area contributed by atoms with E-state index in [1.54, 1.807) is 11.9 Å². The fraction of sp³-hybridized carbons (Fsp3) is 0.429. The molecule has 1 aromatic rings. The van der Waals surface area contributed by atoms with Crippen molar-refractivity contribution in [3.8, 4) is 0 Å². The lowest BCUT2D eigenvalue weighted by atomic mass is 9.91. The molecule has 3 rings (SSSR count). The van der Waals surface area contributed by atoms with Gasteiger partial charge in [-0.3, -0.25) is 9.59 Å². The lowest BCUT2D eigenvalue weighted by molar-refractivity contribution is -0.140. The average Bonchev–Trinajstić information content (AvgIpc) is 3.15. The molecule has 1 amide bonds. The fourth-order valence-corrected chi connectivity index (χ4v) is 2.71. The Balaban J connectivity index is 2.03. The van der Waals surface area contributed by atoms with Crippen LogP contribution in [-0.2, 0) is 21.4 Å². The normalized spacial score (nSPS) is 20.5. The van der Waals surface area contributed by atoms with Gasteiger partial charge in [-0.15, -0.1) is 0 Å². The minimum Gasteiger partial charge on any atom is -0.481 e. The first-order chi connectivity index (χ1) is 8.54. The Morgan fingerprint density at radius 2 is 2.06 bits per heavy atom. The van der Waals surface area contributed by atoms with Crippen molar-refractivity contribution in [1.82, 2.24) is 0 Å². The van der Waals surface area contributed by atoms with E-state index in [1.165, 1.54) is 0 Å². The molecule has 4 heteroatoms. The van der Waals surface area contributed by atoms with Gasteiger partial charge in [-0.05, 0) is 36.5 Å². The van der Waals surface area contributed by atoms with E-state index >= 15 is 0 Å². The van der Waals surface area contributed by atoms with Crippen LogP contribution >= 0.6 is 0 Å². The van der Waals surface area contributed by atoms with E-state index in [-0.39, 0.29) is 5.91 Å². The first-order valence-corrected chi connectivity index (χ1v) is 6.18. The van der Waals surface area contributed by atoms with Gasteiger partial charge in [-0.1, -0.05) is 12.1 Å². The Bertz CT molecular complexity index is 546. The molecular formula is C14H15NO3. The third kappa shape index (κ3) is 1.45. The number of amides is 1. The van der Waals surface area contributed by atoms with Crippen molar-refractivity contribution in [2.24, 2.45) is 0 Å². The number of carbonyl (C=O) groups is 2. The van der Waals surface area contributed by atoms with Gasteiger partial charge in [0.05, 0.1) is 5.41 Å². The summed E-state index contributed by atoms with van der Waals surface area (Å²) in [5, 5.41) is 9.29. The number of benzene rings is 1. The van der Waals surface area contributed by atoms with Crippen LogP contribution in [0.3, 0.4) is 0 Å². The largest absolute Gasteiger partial charge is 0.481 e. The van der Waals surface area contributed by atoms with Crippen LogP contribution in [0.5, 0.6) is 0 Å². The fourth-order valence-electron chi connectivity index (χ4n) is 2.71. The highest BCUT2D eigenvalue weighted by Gasteiger charge is 2.51. The molecule has 0 unspecified atom stereocenters. The van der Waals surface area contributed by atoms with Crippen LogP contribution in [0, 0.1) is 0 Å². The predicted molar refractivity (Wildman–Crippen MR) is 66.7 cm³/mol. The highest BCUT2D eigenvalue weighted by Crippen LogP contribution is 2.49. The van der Waals surface area contributed by atoms with Crippen LogP contribution in [0.2, 0.25) is 0 Å². The summed E-state index contributed by atoms with van der Waals surface area (Å²) in [7, 11) is 1.77. The maximum Gasteiger partial charge on any atom is 0.314 e. The van der Waals surface area contributed by atoms with Crippen molar-refractivity contribution in [1.29, 1.82) is 0 Å². The van der Waals surface area contributed by atoms with E-state index in [1.807, 2.05) is 18.2 Å². The molecule has 1 N–H and O–H groups in total. The molecule has 1 fully saturated rings. The number of rotatable bonds is 2. The molecule has 0 saturated heterocycles. The second kappa shape index (κ2) is 3.57. The highest BCUT2D eigenvalue weighted by molar-refractivity contribution is 5.96. The third-order valence-corrected chi connectivity index (χ3v) is 4.14. The van der Waals surface area contributed by atoms with Gasteiger partial charge in [0, 0.05) is 19.2 Å². The average molecular weight is 245 g/mol. The number of hydrogen-bond donors (Lipinski definition) is 1. The summed E-state index contributed by atoms with van der Waals surface area (Å²) < 4.78 is 0. The SMILES string of the molecule is CN1C(=O)CCc2cc(C3(C(=O)O)CC3)ccc21. The van der Waals surface area contributed by atoms with E-state index in [9.17, 15) is 14.7 Å². The van der Waals surface area contributed by atoms with E-state index in [4.69, 9.17) is 0 Å². The maximum absolute atomic E-state index is 11.6. The predicted octanol–water partition coefficient (Wildman–Crippen LogP) is 1.71. The Kier molecular flexibility index (Phi) is 2.24. The van der Waals surface area contributed by atoms with Crippen LogP contribution in [0.25, 0.3) is 0 Å². The topological polar surface area (TPSA) is 57.6 Å². The van der Waals surface area contributed by atoms with Crippen molar-refractivity contribution in [3.63, 3.8) is 0 Å². The minimum absolute atomic E-state index is 0.120. The van der Waals surface area contributed by atoms with Crippen LogP contribution < -0.4 is 4.90 Å². The molecule has 0 atom stereocenters. The molecule has 94 valence electrons. The summed E-state index contributed by atoms with van der Waals surface area (Å²) >= 11 is 0. The zero-order valence-corrected chi connectivity index (χ0v) is 10.3. The standard InChI is InChI=1S/C14H15NO3/c1-15-11-4-3-10(14(6-7-14)13(17)18)8-9(11)2-5-12(15)16/h3-4,8H,2,5-7H2,1H3,(H,17,18). The molecule has 0 bridgehead atoms. The van der Waals surface area contributed by atoms with E-state index < -0.39 is 11.4 Å². The molecule has 0 radical (unpaired) electrons. The monoisotopic (exact) mass is 245 g/mol. The van der Waals surface area contributed by atoms with E-state index in [2.05, 4.69) is 0 Å². The molecule has 0 aromatic heterocycles. The Labute approximate surface area is 105 Å². The summed E-state index contributed by atoms with van der Waals surface area (Å²) in [5.41, 5.74) is 2.23. The van der Waals surface area contributed by atoms with Crippen molar-refractivity contribution in [2.45, 2.75) is 31.1 Å². The Hall–Kier alpha value is -1.84. The van der Waals surface area contributed by atoms with Gasteiger partial charge in [0.1, 0.15) is 0 Å². The minimum atomic E-state index is -0.734. The summed E-state index contributed by atoms with van der Waals surface area (Å²) in [6.45, 7) is 0. The smallest absolute Gasteiger partial charge is 0.314 e. The molecule has 1 aromatic carbocycles. The number of aryl methyl sites for hydroxylation is 1. The first-order valence-electron chi connectivity index (χ1n) is 6.18. The number of carboxylic acids is 1. The zero-order valence-electron chi connectivity index (χ0n) is 10.3. The molecule has 2 aliphatic rings. The van der Waals surface area contributed by atoms with Gasteiger partial charge < -0.3 is 10.0 Å². The number of carbonyl (C=O) groups excluding carboxylic acids is 1. The molecular weight excluding hydrogens is 230 g/mol. The molecule has 4 nitrogen and oxygen atoms in total. The Morgan fingerprint density at radius 3 is 2.67 bits per heavy atom. The lowest BCUT2D eigenvalue weighted by Crippen LogP contribution is -2.31. The first kappa shape index (κ1) is 11.3. The van der Waals surface area contributed by atoms with Gasteiger partial charge in [0.2, 0.25) is 5.91 Å². The van der Waals surface area contributed by atoms with Gasteiger partial charge in [-0.2, -0.15) is 0 Å². The number of carboxylic acid groups (broad SMARTS) is 1. The maximum atomic E-state index is 11.6. The molecule has 18 heavy (non-hydrogen) atoms. The van der Waals surface area contributed by atoms with Crippen molar-refractivity contribution < 1.29 is 14.7 Å². The van der Waals surface area contributed by atoms with Crippen LogP contribution in [-0.4, -0.2) is 24.0 Å².